The third kappa shape index (κ3) is 2.81. The third-order valence-corrected chi connectivity index (χ3v) is 1.74. The van der Waals surface area contributed by atoms with Crippen LogP contribution in [0, 0.1) is 0 Å². The second kappa shape index (κ2) is 4.71. The lowest BCUT2D eigenvalue weighted by molar-refractivity contribution is 0.156. The van der Waals surface area contributed by atoms with Gasteiger partial charge in [-0.05, 0) is 6.07 Å². The molecule has 3 N–H and O–H groups in total. The van der Waals surface area contributed by atoms with Crippen molar-refractivity contribution in [3.63, 3.8) is 0 Å². The van der Waals surface area contributed by atoms with E-state index in [1.165, 1.54) is 11.1 Å². The summed E-state index contributed by atoms with van der Waals surface area (Å²) in [5.74, 6) is 5.59. The number of halogens is 2. The topological polar surface area (TPSA) is 54.2 Å². The fraction of sp³-hybridized carbons (Fsp3) is 0.375. The van der Waals surface area contributed by atoms with E-state index in [1.807, 2.05) is 0 Å². The predicted molar refractivity (Wildman–Crippen MR) is 51.3 cm³/mol. The van der Waals surface area contributed by atoms with Crippen molar-refractivity contribution in [1.29, 1.82) is 0 Å². The molecular weight excluding hydrogens is 190 g/mol. The SMILES string of the molecule is CN(CC(F)F)c1ccnc(NN)c1. The predicted octanol–water partition coefficient (Wildman–Crippen LogP) is 1.07. The van der Waals surface area contributed by atoms with Gasteiger partial charge in [0, 0.05) is 25.0 Å². The Hall–Kier alpha value is -1.43. The van der Waals surface area contributed by atoms with Crippen LogP contribution in [-0.2, 0) is 0 Å². The highest BCUT2D eigenvalue weighted by molar-refractivity contribution is 5.52. The van der Waals surface area contributed by atoms with Gasteiger partial charge in [0.2, 0.25) is 0 Å². The molecule has 0 aromatic carbocycles. The van der Waals surface area contributed by atoms with Crippen LogP contribution < -0.4 is 16.2 Å². The highest BCUT2D eigenvalue weighted by Crippen LogP contribution is 2.15. The summed E-state index contributed by atoms with van der Waals surface area (Å²) >= 11 is 0. The Balaban J connectivity index is 2.73. The van der Waals surface area contributed by atoms with Gasteiger partial charge in [0.05, 0.1) is 6.54 Å². The maximum atomic E-state index is 12.1. The smallest absolute Gasteiger partial charge is 0.255 e. The number of hydrazine groups is 1. The van der Waals surface area contributed by atoms with E-state index in [0.717, 1.165) is 0 Å². The standard InChI is InChI=1S/C8H12F2N4/c1-14(5-7(9)10)6-2-3-12-8(4-6)13-11/h2-4,7H,5,11H2,1H3,(H,12,13). The Labute approximate surface area is 80.7 Å². The molecule has 0 aliphatic heterocycles. The van der Waals surface area contributed by atoms with Gasteiger partial charge in [0.1, 0.15) is 5.82 Å². The minimum absolute atomic E-state index is 0.311. The molecule has 0 unspecified atom stereocenters. The van der Waals surface area contributed by atoms with Crippen molar-refractivity contribution in [2.24, 2.45) is 5.84 Å². The van der Waals surface area contributed by atoms with Gasteiger partial charge in [-0.25, -0.2) is 19.6 Å². The number of aromatic nitrogens is 1. The van der Waals surface area contributed by atoms with E-state index >= 15 is 0 Å². The number of rotatable bonds is 4. The Morgan fingerprint density at radius 1 is 1.64 bits per heavy atom. The van der Waals surface area contributed by atoms with Crippen molar-refractivity contribution in [3.05, 3.63) is 18.3 Å². The van der Waals surface area contributed by atoms with Gasteiger partial charge in [0.15, 0.2) is 0 Å². The molecule has 0 spiro atoms. The quantitative estimate of drug-likeness (QED) is 0.566. The Kier molecular flexibility index (Phi) is 3.58. The van der Waals surface area contributed by atoms with Gasteiger partial charge in [-0.3, -0.25) is 0 Å². The number of anilines is 2. The summed E-state index contributed by atoms with van der Waals surface area (Å²) < 4.78 is 24.1. The van der Waals surface area contributed by atoms with Crippen molar-refractivity contribution >= 4 is 11.5 Å². The lowest BCUT2D eigenvalue weighted by atomic mass is 10.3. The van der Waals surface area contributed by atoms with E-state index in [-0.39, 0.29) is 6.54 Å². The monoisotopic (exact) mass is 202 g/mol. The largest absolute Gasteiger partial charge is 0.369 e. The van der Waals surface area contributed by atoms with E-state index in [2.05, 4.69) is 10.4 Å². The molecule has 0 atom stereocenters. The zero-order valence-corrected chi connectivity index (χ0v) is 7.74. The van der Waals surface area contributed by atoms with E-state index in [0.29, 0.717) is 11.5 Å². The van der Waals surface area contributed by atoms with Crippen LogP contribution in [-0.4, -0.2) is 25.0 Å². The van der Waals surface area contributed by atoms with Crippen molar-refractivity contribution in [2.75, 3.05) is 23.9 Å². The van der Waals surface area contributed by atoms with E-state index in [1.54, 1.807) is 19.2 Å². The van der Waals surface area contributed by atoms with Crippen molar-refractivity contribution in [3.8, 4) is 0 Å². The number of nitrogen functional groups attached to an aromatic ring is 1. The van der Waals surface area contributed by atoms with E-state index in [9.17, 15) is 8.78 Å². The molecule has 1 heterocycles. The van der Waals surface area contributed by atoms with Crippen molar-refractivity contribution in [1.82, 2.24) is 4.98 Å². The second-order valence-corrected chi connectivity index (χ2v) is 2.82. The average Bonchev–Trinajstić information content (AvgIpc) is 2.17. The molecule has 0 aliphatic carbocycles. The van der Waals surface area contributed by atoms with Crippen LogP contribution in [0.15, 0.2) is 18.3 Å². The minimum Gasteiger partial charge on any atom is -0.369 e. The molecule has 1 aromatic rings. The Morgan fingerprint density at radius 2 is 2.36 bits per heavy atom. The molecule has 0 saturated heterocycles. The van der Waals surface area contributed by atoms with Gasteiger partial charge in [-0.1, -0.05) is 0 Å². The molecular formula is C8H12F2N4. The van der Waals surface area contributed by atoms with Crippen LogP contribution in [0.4, 0.5) is 20.3 Å². The van der Waals surface area contributed by atoms with E-state index in [4.69, 9.17) is 5.84 Å². The van der Waals surface area contributed by atoms with Gasteiger partial charge in [-0.15, -0.1) is 0 Å². The lowest BCUT2D eigenvalue weighted by Gasteiger charge is -2.18. The first-order chi connectivity index (χ1) is 6.63. The Morgan fingerprint density at radius 3 is 2.93 bits per heavy atom. The van der Waals surface area contributed by atoms with Crippen LogP contribution in [0.1, 0.15) is 0 Å². The number of pyridine rings is 1. The molecule has 0 aliphatic rings. The van der Waals surface area contributed by atoms with Gasteiger partial charge < -0.3 is 10.3 Å². The first kappa shape index (κ1) is 10.6. The molecule has 0 saturated carbocycles. The van der Waals surface area contributed by atoms with Crippen LogP contribution in [0.2, 0.25) is 0 Å². The van der Waals surface area contributed by atoms with Crippen LogP contribution >= 0.6 is 0 Å². The molecule has 0 amide bonds. The van der Waals surface area contributed by atoms with Crippen LogP contribution in [0.3, 0.4) is 0 Å². The zero-order chi connectivity index (χ0) is 10.6. The van der Waals surface area contributed by atoms with Crippen LogP contribution in [0.5, 0.6) is 0 Å². The first-order valence-electron chi connectivity index (χ1n) is 4.05. The Bertz CT molecular complexity index is 292. The highest BCUT2D eigenvalue weighted by atomic mass is 19.3. The number of nitrogens with zero attached hydrogens (tertiary/aromatic N) is 2. The third-order valence-electron chi connectivity index (χ3n) is 1.74. The molecule has 6 heteroatoms. The average molecular weight is 202 g/mol. The van der Waals surface area contributed by atoms with Gasteiger partial charge >= 0.3 is 0 Å². The zero-order valence-electron chi connectivity index (χ0n) is 7.74. The summed E-state index contributed by atoms with van der Waals surface area (Å²) in [6.07, 6.45) is -0.852. The fourth-order valence-corrected chi connectivity index (χ4v) is 1.05. The number of nitrogens with one attached hydrogen (secondary N) is 1. The maximum absolute atomic E-state index is 12.1. The molecule has 4 nitrogen and oxygen atoms in total. The molecule has 14 heavy (non-hydrogen) atoms. The van der Waals surface area contributed by atoms with Gasteiger partial charge in [-0.2, -0.15) is 0 Å². The first-order valence-corrected chi connectivity index (χ1v) is 4.05. The van der Waals surface area contributed by atoms with E-state index < -0.39 is 6.43 Å². The molecule has 1 aromatic heterocycles. The molecule has 0 radical (unpaired) electrons. The lowest BCUT2D eigenvalue weighted by Crippen LogP contribution is -2.24. The van der Waals surface area contributed by atoms with Crippen molar-refractivity contribution in [2.45, 2.75) is 6.43 Å². The summed E-state index contributed by atoms with van der Waals surface area (Å²) in [6, 6.07) is 3.24. The molecule has 78 valence electrons. The summed E-state index contributed by atoms with van der Waals surface area (Å²) in [6.45, 7) is -0.311. The number of alkyl halides is 2. The maximum Gasteiger partial charge on any atom is 0.255 e. The summed E-state index contributed by atoms with van der Waals surface area (Å²) in [4.78, 5) is 5.31. The fourth-order valence-electron chi connectivity index (χ4n) is 1.05. The number of hydrogen-bond acceptors (Lipinski definition) is 4. The summed E-state index contributed by atoms with van der Waals surface area (Å²) in [5.41, 5.74) is 3.00. The van der Waals surface area contributed by atoms with Crippen molar-refractivity contribution < 1.29 is 8.78 Å². The molecule has 0 bridgehead atoms. The highest BCUT2D eigenvalue weighted by Gasteiger charge is 2.08. The normalized spacial score (nSPS) is 10.4. The molecule has 1 rings (SSSR count). The van der Waals surface area contributed by atoms with Crippen LogP contribution in [0.25, 0.3) is 0 Å². The van der Waals surface area contributed by atoms with Gasteiger partial charge in [0.25, 0.3) is 6.43 Å². The number of hydrogen-bond donors (Lipinski definition) is 2. The summed E-state index contributed by atoms with van der Waals surface area (Å²) in [5, 5.41) is 0. The molecule has 0 fully saturated rings. The number of nitrogens with two attached hydrogens (primary N) is 1. The second-order valence-electron chi connectivity index (χ2n) is 2.82. The summed E-state index contributed by atoms with van der Waals surface area (Å²) in [7, 11) is 1.59. The minimum atomic E-state index is -2.36.